The smallest absolute Gasteiger partial charge is 0.279 e. The standard InChI is InChI=1S/C5H12O2Si/c1-3-4-8(2)7-5-6/h5,8H,3-4H2,1-2H3. The zero-order chi connectivity index (χ0) is 6.41. The predicted molar refractivity (Wildman–Crippen MR) is 35.3 cm³/mol. The Kier molecular flexibility index (Phi) is 4.65. The number of rotatable bonds is 4. The summed E-state index contributed by atoms with van der Waals surface area (Å²) in [5, 5.41) is 0. The van der Waals surface area contributed by atoms with E-state index in [-0.39, 0.29) is 0 Å². The Balaban J connectivity index is 3.03. The van der Waals surface area contributed by atoms with Gasteiger partial charge >= 0.3 is 0 Å². The van der Waals surface area contributed by atoms with Crippen LogP contribution >= 0.6 is 0 Å². The van der Waals surface area contributed by atoms with Crippen molar-refractivity contribution in [3.63, 3.8) is 0 Å². The van der Waals surface area contributed by atoms with Gasteiger partial charge in [-0.3, -0.25) is 4.79 Å². The van der Waals surface area contributed by atoms with E-state index in [9.17, 15) is 4.79 Å². The molecule has 0 aromatic heterocycles. The minimum Gasteiger partial charge on any atom is -0.524 e. The molecule has 0 aliphatic rings. The summed E-state index contributed by atoms with van der Waals surface area (Å²) in [6.07, 6.45) is 1.13. The van der Waals surface area contributed by atoms with Crippen molar-refractivity contribution < 1.29 is 9.22 Å². The van der Waals surface area contributed by atoms with Crippen LogP contribution in [0.15, 0.2) is 0 Å². The highest BCUT2D eigenvalue weighted by atomic mass is 28.3. The molecule has 0 spiro atoms. The fourth-order valence-corrected chi connectivity index (χ4v) is 1.71. The lowest BCUT2D eigenvalue weighted by Gasteiger charge is -2.02. The third-order valence-corrected chi connectivity index (χ3v) is 2.95. The zero-order valence-corrected chi connectivity index (χ0v) is 6.54. The van der Waals surface area contributed by atoms with Gasteiger partial charge in [-0.05, 0) is 12.6 Å². The molecule has 1 unspecified atom stereocenters. The molecule has 0 aliphatic heterocycles. The van der Waals surface area contributed by atoms with Gasteiger partial charge in [-0.1, -0.05) is 13.3 Å². The molecule has 0 saturated carbocycles. The first-order chi connectivity index (χ1) is 3.81. The van der Waals surface area contributed by atoms with Gasteiger partial charge in [-0.2, -0.15) is 0 Å². The van der Waals surface area contributed by atoms with Gasteiger partial charge in [0.1, 0.15) is 0 Å². The molecule has 0 N–H and O–H groups in total. The second-order valence-electron chi connectivity index (χ2n) is 1.83. The maximum Gasteiger partial charge on any atom is 0.279 e. The van der Waals surface area contributed by atoms with E-state index >= 15 is 0 Å². The summed E-state index contributed by atoms with van der Waals surface area (Å²) in [7, 11) is -1.07. The van der Waals surface area contributed by atoms with Crippen molar-refractivity contribution in [2.24, 2.45) is 0 Å². The average Bonchev–Trinajstić information content (AvgIpc) is 1.68. The second-order valence-corrected chi connectivity index (χ2v) is 4.30. The van der Waals surface area contributed by atoms with Crippen molar-refractivity contribution in [3.05, 3.63) is 0 Å². The highest BCUT2D eigenvalue weighted by molar-refractivity contribution is 6.51. The fraction of sp³-hybridized carbons (Fsp3) is 0.800. The van der Waals surface area contributed by atoms with Crippen LogP contribution in [0.4, 0.5) is 0 Å². The molecular formula is C5H12O2Si. The zero-order valence-electron chi connectivity index (χ0n) is 5.39. The van der Waals surface area contributed by atoms with Gasteiger partial charge < -0.3 is 4.43 Å². The van der Waals surface area contributed by atoms with Crippen molar-refractivity contribution >= 4 is 15.5 Å². The van der Waals surface area contributed by atoms with E-state index in [2.05, 4.69) is 6.92 Å². The maximum atomic E-state index is 9.70. The molecule has 0 rings (SSSR count). The van der Waals surface area contributed by atoms with Gasteiger partial charge in [0.25, 0.3) is 6.47 Å². The van der Waals surface area contributed by atoms with Crippen LogP contribution in [-0.4, -0.2) is 15.5 Å². The van der Waals surface area contributed by atoms with E-state index in [4.69, 9.17) is 4.43 Å². The van der Waals surface area contributed by atoms with E-state index in [1.165, 1.54) is 0 Å². The molecule has 0 radical (unpaired) electrons. The van der Waals surface area contributed by atoms with E-state index in [1.54, 1.807) is 0 Å². The highest BCUT2D eigenvalue weighted by Gasteiger charge is 2.00. The van der Waals surface area contributed by atoms with Crippen LogP contribution in [0.2, 0.25) is 12.6 Å². The minimum absolute atomic E-state index is 0.562. The topological polar surface area (TPSA) is 26.3 Å². The Labute approximate surface area is 51.6 Å². The third-order valence-electron chi connectivity index (χ3n) is 0.983. The molecule has 0 saturated heterocycles. The van der Waals surface area contributed by atoms with Gasteiger partial charge in [0.15, 0.2) is 0 Å². The fourth-order valence-electron chi connectivity index (χ4n) is 0.569. The Morgan fingerprint density at radius 2 is 2.38 bits per heavy atom. The van der Waals surface area contributed by atoms with Gasteiger partial charge in [0.2, 0.25) is 9.04 Å². The van der Waals surface area contributed by atoms with Gasteiger partial charge in [-0.15, -0.1) is 0 Å². The molecule has 0 bridgehead atoms. The van der Waals surface area contributed by atoms with E-state index in [0.717, 1.165) is 12.5 Å². The van der Waals surface area contributed by atoms with Crippen LogP contribution in [0.1, 0.15) is 13.3 Å². The molecule has 2 nitrogen and oxygen atoms in total. The lowest BCUT2D eigenvalue weighted by molar-refractivity contribution is -0.121. The van der Waals surface area contributed by atoms with Crippen molar-refractivity contribution in [1.82, 2.24) is 0 Å². The SMILES string of the molecule is CCC[SiH](C)OC=O. The normalized spacial score (nSPS) is 12.8. The quantitative estimate of drug-likeness (QED) is 0.420. The third kappa shape index (κ3) is 3.86. The van der Waals surface area contributed by atoms with Crippen LogP contribution in [0.3, 0.4) is 0 Å². The van der Waals surface area contributed by atoms with Crippen LogP contribution in [0.25, 0.3) is 0 Å². The van der Waals surface area contributed by atoms with Crippen LogP contribution in [0, 0.1) is 0 Å². The lowest BCUT2D eigenvalue weighted by Crippen LogP contribution is -2.10. The molecule has 0 amide bonds. The number of carbonyl (C=O) groups is 1. The van der Waals surface area contributed by atoms with E-state index in [1.807, 2.05) is 6.55 Å². The molecule has 0 aliphatic carbocycles. The second kappa shape index (κ2) is 4.84. The van der Waals surface area contributed by atoms with Crippen LogP contribution in [0.5, 0.6) is 0 Å². The van der Waals surface area contributed by atoms with Crippen LogP contribution < -0.4 is 0 Å². The van der Waals surface area contributed by atoms with Gasteiger partial charge in [0, 0.05) is 0 Å². The molecule has 3 heteroatoms. The lowest BCUT2D eigenvalue weighted by atomic mass is 10.6. The maximum absolute atomic E-state index is 9.70. The Bertz CT molecular complexity index is 65.4. The molecule has 0 fully saturated rings. The van der Waals surface area contributed by atoms with Crippen molar-refractivity contribution in [2.75, 3.05) is 0 Å². The summed E-state index contributed by atoms with van der Waals surface area (Å²) in [5.74, 6) is 0. The Hall–Kier alpha value is -0.313. The molecule has 0 heterocycles. The monoisotopic (exact) mass is 132 g/mol. The number of carbonyl (C=O) groups excluding carboxylic acids is 1. The van der Waals surface area contributed by atoms with E-state index < -0.39 is 9.04 Å². The molecule has 1 atom stereocenters. The molecule has 0 aromatic rings. The summed E-state index contributed by atoms with van der Waals surface area (Å²) in [5.41, 5.74) is 0. The average molecular weight is 132 g/mol. The first-order valence-corrected chi connectivity index (χ1v) is 5.34. The largest absolute Gasteiger partial charge is 0.524 e. The molecule has 8 heavy (non-hydrogen) atoms. The predicted octanol–water partition coefficient (Wildman–Crippen LogP) is 0.923. The van der Waals surface area contributed by atoms with Crippen LogP contribution in [-0.2, 0) is 9.22 Å². The summed E-state index contributed by atoms with van der Waals surface area (Å²) < 4.78 is 4.74. The van der Waals surface area contributed by atoms with Gasteiger partial charge in [-0.25, -0.2) is 0 Å². The highest BCUT2D eigenvalue weighted by Crippen LogP contribution is 1.95. The molecular weight excluding hydrogens is 120 g/mol. The molecule has 48 valence electrons. The van der Waals surface area contributed by atoms with Crippen molar-refractivity contribution in [2.45, 2.75) is 25.9 Å². The summed E-state index contributed by atoms with van der Waals surface area (Å²) in [6, 6.07) is 1.10. The molecule has 0 aromatic carbocycles. The first kappa shape index (κ1) is 7.69. The first-order valence-electron chi connectivity index (χ1n) is 2.90. The minimum atomic E-state index is -1.07. The Morgan fingerprint density at radius 1 is 1.75 bits per heavy atom. The summed E-state index contributed by atoms with van der Waals surface area (Å²) in [4.78, 5) is 9.70. The number of hydrogen-bond acceptors (Lipinski definition) is 2. The van der Waals surface area contributed by atoms with Crippen molar-refractivity contribution in [3.8, 4) is 0 Å². The summed E-state index contributed by atoms with van der Waals surface area (Å²) in [6.45, 7) is 4.68. The Morgan fingerprint density at radius 3 is 2.75 bits per heavy atom. The number of hydrogen-bond donors (Lipinski definition) is 0. The van der Waals surface area contributed by atoms with E-state index in [0.29, 0.717) is 6.47 Å². The van der Waals surface area contributed by atoms with Gasteiger partial charge in [0.05, 0.1) is 0 Å². The van der Waals surface area contributed by atoms with Crippen molar-refractivity contribution in [1.29, 1.82) is 0 Å². The summed E-state index contributed by atoms with van der Waals surface area (Å²) >= 11 is 0.